The number of amides is 1. The Balaban J connectivity index is 1.76. The summed E-state index contributed by atoms with van der Waals surface area (Å²) < 4.78 is 27.1. The molecule has 0 radical (unpaired) electrons. The number of carbonyl (C=O) groups excluding carboxylic acids is 1. The number of aromatic nitrogens is 2. The van der Waals surface area contributed by atoms with E-state index < -0.39 is 0 Å². The Morgan fingerprint density at radius 1 is 1.09 bits per heavy atom. The lowest BCUT2D eigenvalue weighted by molar-refractivity contribution is -0.134. The van der Waals surface area contributed by atoms with Crippen LogP contribution in [0.25, 0.3) is 11.4 Å². The predicted molar refractivity (Wildman–Crippen MR) is 121 cm³/mol. The summed E-state index contributed by atoms with van der Waals surface area (Å²) in [5, 5.41) is 4.09. The summed E-state index contributed by atoms with van der Waals surface area (Å²) in [6.07, 6.45) is 2.44. The maximum absolute atomic E-state index is 12.9. The number of furan rings is 1. The number of hydrogen-bond donors (Lipinski definition) is 0. The first-order valence-corrected chi connectivity index (χ1v) is 10.7. The summed E-state index contributed by atoms with van der Waals surface area (Å²) in [5.41, 5.74) is 0.540. The highest BCUT2D eigenvalue weighted by Crippen LogP contribution is 2.40. The van der Waals surface area contributed by atoms with Crippen LogP contribution in [0.1, 0.15) is 38.8 Å². The molecule has 0 unspecified atom stereocenters. The van der Waals surface area contributed by atoms with Gasteiger partial charge in [-0.1, -0.05) is 25.9 Å². The fourth-order valence-electron chi connectivity index (χ4n) is 3.36. The Labute approximate surface area is 193 Å². The molecule has 3 rings (SSSR count). The zero-order valence-electron chi connectivity index (χ0n) is 20.0. The van der Waals surface area contributed by atoms with Crippen LogP contribution in [-0.4, -0.2) is 48.8 Å². The number of methoxy groups -OCH3 is 3. The Bertz CT molecular complexity index is 1030. The Morgan fingerprint density at radius 2 is 1.79 bits per heavy atom. The van der Waals surface area contributed by atoms with Crippen LogP contribution in [0.3, 0.4) is 0 Å². The molecule has 1 aromatic carbocycles. The minimum Gasteiger partial charge on any atom is -0.493 e. The first-order valence-electron chi connectivity index (χ1n) is 10.7. The maximum atomic E-state index is 12.9. The van der Waals surface area contributed by atoms with E-state index in [4.69, 9.17) is 23.2 Å². The first kappa shape index (κ1) is 24.2. The average Bonchev–Trinajstić information content (AvgIpc) is 3.46. The van der Waals surface area contributed by atoms with E-state index in [2.05, 4.69) is 10.1 Å². The van der Waals surface area contributed by atoms with E-state index in [0.717, 1.165) is 5.76 Å². The van der Waals surface area contributed by atoms with Crippen LogP contribution in [0, 0.1) is 5.41 Å². The highest BCUT2D eigenvalue weighted by Gasteiger charge is 2.23. The summed E-state index contributed by atoms with van der Waals surface area (Å²) in [6.45, 7) is 6.93. The van der Waals surface area contributed by atoms with Gasteiger partial charge in [0.1, 0.15) is 5.76 Å². The standard InChI is InChI=1S/C24H31N3O6/c1-24(2,3)14-21(28)27(15-17-8-7-11-32-17)10-9-20-25-23(26-33-20)16-12-18(29-4)22(31-6)19(13-16)30-5/h7-8,11-13H,9-10,14-15H2,1-6H3. The van der Waals surface area contributed by atoms with Gasteiger partial charge in [0.2, 0.25) is 23.4 Å². The van der Waals surface area contributed by atoms with Crippen molar-refractivity contribution < 1.29 is 27.9 Å². The van der Waals surface area contributed by atoms with E-state index in [1.165, 1.54) is 0 Å². The summed E-state index contributed by atoms with van der Waals surface area (Å²) in [4.78, 5) is 19.2. The molecule has 2 heterocycles. The Hall–Kier alpha value is -3.49. The maximum Gasteiger partial charge on any atom is 0.228 e. The third-order valence-electron chi connectivity index (χ3n) is 4.95. The number of hydrogen-bond acceptors (Lipinski definition) is 8. The van der Waals surface area contributed by atoms with Gasteiger partial charge in [-0.15, -0.1) is 0 Å². The lowest BCUT2D eigenvalue weighted by Crippen LogP contribution is -2.34. The molecule has 0 spiro atoms. The molecule has 1 amide bonds. The van der Waals surface area contributed by atoms with E-state index in [1.807, 2.05) is 32.9 Å². The molecule has 178 valence electrons. The highest BCUT2D eigenvalue weighted by molar-refractivity contribution is 5.76. The summed E-state index contributed by atoms with van der Waals surface area (Å²) >= 11 is 0. The predicted octanol–water partition coefficient (Wildman–Crippen LogP) is 4.36. The molecule has 0 saturated carbocycles. The molecule has 0 aliphatic rings. The van der Waals surface area contributed by atoms with Crippen LogP contribution >= 0.6 is 0 Å². The minimum absolute atomic E-state index is 0.0447. The van der Waals surface area contributed by atoms with Gasteiger partial charge < -0.3 is 28.1 Å². The number of nitrogens with zero attached hydrogens (tertiary/aromatic N) is 3. The Morgan fingerprint density at radius 3 is 2.33 bits per heavy atom. The monoisotopic (exact) mass is 457 g/mol. The molecule has 9 heteroatoms. The SMILES string of the molecule is COc1cc(-c2noc(CCN(Cc3ccco3)C(=O)CC(C)(C)C)n2)cc(OC)c1OC. The second-order valence-electron chi connectivity index (χ2n) is 8.81. The molecule has 0 atom stereocenters. The van der Waals surface area contributed by atoms with Gasteiger partial charge in [-0.05, 0) is 29.7 Å². The number of carbonyl (C=O) groups is 1. The van der Waals surface area contributed by atoms with Gasteiger partial charge in [-0.2, -0.15) is 4.98 Å². The van der Waals surface area contributed by atoms with E-state index >= 15 is 0 Å². The zero-order valence-corrected chi connectivity index (χ0v) is 20.0. The summed E-state index contributed by atoms with van der Waals surface area (Å²) in [7, 11) is 4.64. The van der Waals surface area contributed by atoms with Crippen molar-refractivity contribution in [3.05, 3.63) is 42.2 Å². The van der Waals surface area contributed by atoms with Gasteiger partial charge in [0.05, 0.1) is 34.1 Å². The van der Waals surface area contributed by atoms with Gasteiger partial charge in [-0.25, -0.2) is 0 Å². The number of ether oxygens (including phenoxy) is 3. The van der Waals surface area contributed by atoms with Crippen molar-refractivity contribution in [1.29, 1.82) is 0 Å². The van der Waals surface area contributed by atoms with E-state index in [-0.39, 0.29) is 11.3 Å². The third-order valence-corrected chi connectivity index (χ3v) is 4.95. The van der Waals surface area contributed by atoms with Crippen LogP contribution in [0.2, 0.25) is 0 Å². The molecule has 3 aromatic rings. The second kappa shape index (κ2) is 10.4. The lowest BCUT2D eigenvalue weighted by atomic mass is 9.91. The topological polar surface area (TPSA) is 100 Å². The van der Waals surface area contributed by atoms with E-state index in [9.17, 15) is 4.79 Å². The molecule has 0 saturated heterocycles. The van der Waals surface area contributed by atoms with E-state index in [0.29, 0.717) is 60.5 Å². The van der Waals surface area contributed by atoms with Crippen molar-refractivity contribution in [2.75, 3.05) is 27.9 Å². The summed E-state index contributed by atoms with van der Waals surface area (Å²) in [6, 6.07) is 7.17. The first-order chi connectivity index (χ1) is 15.7. The second-order valence-corrected chi connectivity index (χ2v) is 8.81. The van der Waals surface area contributed by atoms with Gasteiger partial charge in [-0.3, -0.25) is 4.79 Å². The molecule has 0 aliphatic heterocycles. The van der Waals surface area contributed by atoms with Crippen molar-refractivity contribution in [2.45, 2.75) is 40.2 Å². The molecule has 33 heavy (non-hydrogen) atoms. The number of rotatable bonds is 10. The van der Waals surface area contributed by atoms with Crippen molar-refractivity contribution in [2.24, 2.45) is 5.41 Å². The average molecular weight is 458 g/mol. The fraction of sp³-hybridized carbons (Fsp3) is 0.458. The van der Waals surface area contributed by atoms with Crippen LogP contribution in [0.15, 0.2) is 39.5 Å². The largest absolute Gasteiger partial charge is 0.493 e. The zero-order chi connectivity index (χ0) is 24.0. The summed E-state index contributed by atoms with van der Waals surface area (Å²) in [5.74, 6) is 3.06. The van der Waals surface area contributed by atoms with Gasteiger partial charge in [0.15, 0.2) is 11.5 Å². The fourth-order valence-corrected chi connectivity index (χ4v) is 3.36. The smallest absolute Gasteiger partial charge is 0.228 e. The van der Waals surface area contributed by atoms with E-state index in [1.54, 1.807) is 44.6 Å². The normalized spacial score (nSPS) is 11.3. The quantitative estimate of drug-likeness (QED) is 0.443. The Kier molecular flexibility index (Phi) is 7.63. The molecule has 0 aliphatic carbocycles. The molecule has 9 nitrogen and oxygen atoms in total. The van der Waals surface area contributed by atoms with Gasteiger partial charge in [0, 0.05) is 24.9 Å². The molecule has 0 bridgehead atoms. The van der Waals surface area contributed by atoms with Crippen LogP contribution in [-0.2, 0) is 17.8 Å². The molecule has 0 fully saturated rings. The third kappa shape index (κ3) is 6.27. The van der Waals surface area contributed by atoms with Crippen LogP contribution in [0.5, 0.6) is 17.2 Å². The van der Waals surface area contributed by atoms with Crippen LogP contribution < -0.4 is 14.2 Å². The molecular formula is C24H31N3O6. The van der Waals surface area contributed by atoms with Crippen molar-refractivity contribution in [3.63, 3.8) is 0 Å². The lowest BCUT2D eigenvalue weighted by Gasteiger charge is -2.25. The molecule has 0 N–H and O–H groups in total. The van der Waals surface area contributed by atoms with Crippen molar-refractivity contribution in [1.82, 2.24) is 15.0 Å². The van der Waals surface area contributed by atoms with Crippen molar-refractivity contribution >= 4 is 5.91 Å². The number of benzene rings is 1. The van der Waals surface area contributed by atoms with Gasteiger partial charge in [0.25, 0.3) is 0 Å². The van der Waals surface area contributed by atoms with Crippen LogP contribution in [0.4, 0.5) is 0 Å². The van der Waals surface area contributed by atoms with Crippen molar-refractivity contribution in [3.8, 4) is 28.6 Å². The molecular weight excluding hydrogens is 426 g/mol. The minimum atomic E-state index is -0.122. The highest BCUT2D eigenvalue weighted by atomic mass is 16.5. The van der Waals surface area contributed by atoms with Gasteiger partial charge >= 0.3 is 0 Å². The molecule has 2 aromatic heterocycles.